The maximum Gasteiger partial charge on any atom is 0.209 e. The molecule has 1 atom stereocenters. The number of para-hydroxylation sites is 1. The second-order valence-electron chi connectivity index (χ2n) is 13.1. The Hall–Kier alpha value is -6.45. The van der Waals surface area contributed by atoms with Crippen LogP contribution in [0.3, 0.4) is 0 Å². The predicted octanol–water partition coefficient (Wildman–Crippen LogP) is 11.6. The van der Waals surface area contributed by atoms with Gasteiger partial charge >= 0.3 is 0 Å². The van der Waals surface area contributed by atoms with Crippen molar-refractivity contribution in [1.29, 1.82) is 0 Å². The number of aliphatic imine (C=N–C) groups is 1. The SMILES string of the molecule is c1ccc(C2NC(n3c4ccccc4c4ccc5c(c43)-c3ccccc3-c3cccc4cccc-5c34)=Nc3c2ccc2ccccc32)cc1. The van der Waals surface area contributed by atoms with E-state index in [1.807, 2.05) is 0 Å². The highest BCUT2D eigenvalue weighted by molar-refractivity contribution is 6.24. The van der Waals surface area contributed by atoms with E-state index in [9.17, 15) is 0 Å². The van der Waals surface area contributed by atoms with Crippen LogP contribution in [-0.2, 0) is 0 Å². The predicted molar refractivity (Wildman–Crippen MR) is 205 cm³/mol. The second-order valence-corrected chi connectivity index (χ2v) is 13.1. The first kappa shape index (κ1) is 26.6. The quantitative estimate of drug-likeness (QED) is 0.194. The van der Waals surface area contributed by atoms with Gasteiger partial charge in [0.25, 0.3) is 0 Å². The Bertz CT molecular complexity index is 2850. The van der Waals surface area contributed by atoms with Gasteiger partial charge in [-0.1, -0.05) is 158 Å². The molecule has 0 bridgehead atoms. The smallest absolute Gasteiger partial charge is 0.209 e. The van der Waals surface area contributed by atoms with Crippen LogP contribution in [0.4, 0.5) is 5.69 Å². The molecule has 0 fully saturated rings. The summed E-state index contributed by atoms with van der Waals surface area (Å²) in [5.74, 6) is 0.828. The van der Waals surface area contributed by atoms with Crippen molar-refractivity contribution < 1.29 is 0 Å². The molecule has 8 aromatic carbocycles. The van der Waals surface area contributed by atoms with Crippen molar-refractivity contribution in [2.24, 2.45) is 4.99 Å². The van der Waals surface area contributed by atoms with E-state index in [1.54, 1.807) is 0 Å². The lowest BCUT2D eigenvalue weighted by Crippen LogP contribution is -2.36. The molecule has 1 unspecified atom stereocenters. The summed E-state index contributed by atoms with van der Waals surface area (Å²) >= 11 is 0. The maximum atomic E-state index is 5.57. The Kier molecular flexibility index (Phi) is 5.44. The molecule has 0 saturated carbocycles. The van der Waals surface area contributed by atoms with Crippen LogP contribution in [0.25, 0.3) is 76.7 Å². The van der Waals surface area contributed by atoms with Crippen molar-refractivity contribution in [2.75, 3.05) is 0 Å². The zero-order valence-corrected chi connectivity index (χ0v) is 26.6. The number of aromatic nitrogens is 1. The van der Waals surface area contributed by atoms with E-state index in [2.05, 4.69) is 174 Å². The van der Waals surface area contributed by atoms with Crippen LogP contribution >= 0.6 is 0 Å². The van der Waals surface area contributed by atoms with E-state index in [0.29, 0.717) is 0 Å². The van der Waals surface area contributed by atoms with Gasteiger partial charge in [0.05, 0.1) is 22.8 Å². The first-order chi connectivity index (χ1) is 24.3. The Morgan fingerprint density at radius 1 is 0.469 bits per heavy atom. The molecule has 1 N–H and O–H groups in total. The minimum Gasteiger partial charge on any atom is -0.344 e. The van der Waals surface area contributed by atoms with Gasteiger partial charge in [0.1, 0.15) is 0 Å². The van der Waals surface area contributed by atoms with Crippen LogP contribution in [0.1, 0.15) is 17.2 Å². The lowest BCUT2D eigenvalue weighted by atomic mass is 9.91. The molecule has 228 valence electrons. The summed E-state index contributed by atoms with van der Waals surface area (Å²) in [7, 11) is 0. The van der Waals surface area contributed by atoms with E-state index in [4.69, 9.17) is 4.99 Å². The number of hydrogen-bond acceptors (Lipinski definition) is 2. The molecule has 11 rings (SSSR count). The number of nitrogens with one attached hydrogen (secondary N) is 1. The fourth-order valence-corrected chi connectivity index (χ4v) is 8.50. The second kappa shape index (κ2) is 10.0. The molecule has 2 heterocycles. The monoisotopic (exact) mass is 623 g/mol. The van der Waals surface area contributed by atoms with Crippen molar-refractivity contribution in [3.63, 3.8) is 0 Å². The molecular weight excluding hydrogens is 595 g/mol. The van der Waals surface area contributed by atoms with Crippen LogP contribution in [0.5, 0.6) is 0 Å². The van der Waals surface area contributed by atoms with E-state index < -0.39 is 0 Å². The molecule has 3 nitrogen and oxygen atoms in total. The molecule has 0 amide bonds. The summed E-state index contributed by atoms with van der Waals surface area (Å²) in [6.45, 7) is 0. The summed E-state index contributed by atoms with van der Waals surface area (Å²) in [6.07, 6.45) is 0. The number of benzene rings is 8. The Morgan fingerprint density at radius 2 is 1.14 bits per heavy atom. The third-order valence-corrected chi connectivity index (χ3v) is 10.6. The van der Waals surface area contributed by atoms with Gasteiger partial charge in [-0.05, 0) is 55.6 Å². The summed E-state index contributed by atoms with van der Waals surface area (Å²) in [5.41, 5.74) is 13.2. The van der Waals surface area contributed by atoms with Gasteiger partial charge in [-0.2, -0.15) is 0 Å². The number of hydrogen-bond donors (Lipinski definition) is 1. The molecule has 0 radical (unpaired) electrons. The largest absolute Gasteiger partial charge is 0.344 e. The molecule has 0 saturated heterocycles. The standard InChI is InChI=1S/C46H29N3/c1-2-13-30(14-3-1)43-39-25-24-28-12-4-5-17-31(28)44(39)48-46(47-43)49-40-23-9-8-19-33(40)38-27-26-37-36-22-11-16-29-15-10-21-34(41(29)36)32-18-6-7-20-35(32)42(37)45(38)49/h1-27,43H,(H,47,48). The zero-order chi connectivity index (χ0) is 32.1. The van der Waals surface area contributed by atoms with Crippen molar-refractivity contribution in [2.45, 2.75) is 6.04 Å². The van der Waals surface area contributed by atoms with E-state index in [1.165, 1.54) is 71.4 Å². The molecular formula is C46H29N3. The molecule has 1 aromatic heterocycles. The Balaban J connectivity index is 1.30. The molecule has 1 aliphatic heterocycles. The number of nitrogens with zero attached hydrogens (tertiary/aromatic N) is 2. The molecule has 9 aromatic rings. The average Bonchev–Trinajstić information content (AvgIpc) is 3.45. The molecule has 2 aliphatic rings. The first-order valence-electron chi connectivity index (χ1n) is 16.9. The average molecular weight is 624 g/mol. The number of fused-ring (bicyclic) bond motifs is 12. The maximum absolute atomic E-state index is 5.57. The van der Waals surface area contributed by atoms with Gasteiger partial charge in [-0.25, -0.2) is 4.99 Å². The van der Waals surface area contributed by atoms with Crippen molar-refractivity contribution in [3.8, 4) is 33.4 Å². The fraction of sp³-hybridized carbons (Fsp3) is 0.0217. The number of rotatable bonds is 1. The summed E-state index contributed by atoms with van der Waals surface area (Å²) < 4.78 is 2.40. The summed E-state index contributed by atoms with van der Waals surface area (Å²) in [6, 6.07) is 59.5. The summed E-state index contributed by atoms with van der Waals surface area (Å²) in [4.78, 5) is 5.57. The minimum absolute atomic E-state index is 0.0721. The minimum atomic E-state index is -0.0721. The Labute approximate surface area is 283 Å². The van der Waals surface area contributed by atoms with Gasteiger partial charge in [0, 0.05) is 27.3 Å². The molecule has 0 spiro atoms. The van der Waals surface area contributed by atoms with Gasteiger partial charge in [-0.3, -0.25) is 4.57 Å². The molecule has 3 heteroatoms. The van der Waals surface area contributed by atoms with Gasteiger partial charge in [-0.15, -0.1) is 0 Å². The van der Waals surface area contributed by atoms with E-state index >= 15 is 0 Å². The van der Waals surface area contributed by atoms with Gasteiger partial charge in [0.15, 0.2) is 0 Å². The molecule has 49 heavy (non-hydrogen) atoms. The van der Waals surface area contributed by atoms with Crippen LogP contribution in [0.15, 0.2) is 169 Å². The third-order valence-electron chi connectivity index (χ3n) is 10.6. The zero-order valence-electron chi connectivity index (χ0n) is 26.6. The van der Waals surface area contributed by atoms with Gasteiger partial charge < -0.3 is 5.32 Å². The highest BCUT2D eigenvalue weighted by Gasteiger charge is 2.30. The van der Waals surface area contributed by atoms with Crippen LogP contribution in [-0.4, -0.2) is 10.5 Å². The fourth-order valence-electron chi connectivity index (χ4n) is 8.50. The van der Waals surface area contributed by atoms with Crippen molar-refractivity contribution in [1.82, 2.24) is 9.88 Å². The highest BCUT2D eigenvalue weighted by atomic mass is 15.2. The molecule has 1 aliphatic carbocycles. The van der Waals surface area contributed by atoms with Crippen molar-refractivity contribution >= 4 is 55.0 Å². The topological polar surface area (TPSA) is 29.3 Å². The summed E-state index contributed by atoms with van der Waals surface area (Å²) in [5, 5.41) is 11.3. The normalized spacial score (nSPS) is 14.6. The lowest BCUT2D eigenvalue weighted by Gasteiger charge is -2.29. The lowest BCUT2D eigenvalue weighted by molar-refractivity contribution is 0.733. The van der Waals surface area contributed by atoms with Crippen LogP contribution in [0.2, 0.25) is 0 Å². The van der Waals surface area contributed by atoms with E-state index in [-0.39, 0.29) is 6.04 Å². The first-order valence-corrected chi connectivity index (χ1v) is 16.9. The van der Waals surface area contributed by atoms with Gasteiger partial charge in [0.2, 0.25) is 5.96 Å². The Morgan fingerprint density at radius 3 is 2.00 bits per heavy atom. The highest BCUT2D eigenvalue weighted by Crippen LogP contribution is 2.51. The van der Waals surface area contributed by atoms with E-state index in [0.717, 1.165) is 28.1 Å². The van der Waals surface area contributed by atoms with Crippen molar-refractivity contribution in [3.05, 3.63) is 175 Å². The van der Waals surface area contributed by atoms with Crippen LogP contribution < -0.4 is 5.32 Å². The van der Waals surface area contributed by atoms with Crippen LogP contribution in [0, 0.1) is 0 Å². The third kappa shape index (κ3) is 3.70.